The molecular weight excluding hydrogens is 396 g/mol. The summed E-state index contributed by atoms with van der Waals surface area (Å²) in [5.74, 6) is 3.28. The van der Waals surface area contributed by atoms with Crippen LogP contribution in [0.25, 0.3) is 5.70 Å². The average molecular weight is 421 g/mol. The number of hydrogen-bond donors (Lipinski definition) is 1. The second-order valence-corrected chi connectivity index (χ2v) is 8.19. The van der Waals surface area contributed by atoms with Crippen LogP contribution in [0.3, 0.4) is 0 Å². The molecule has 5 nitrogen and oxygen atoms in total. The van der Waals surface area contributed by atoms with Gasteiger partial charge in [0.1, 0.15) is 5.76 Å². The van der Waals surface area contributed by atoms with Crippen molar-refractivity contribution in [3.05, 3.63) is 83.3 Å². The van der Waals surface area contributed by atoms with Gasteiger partial charge in [0, 0.05) is 16.0 Å². The van der Waals surface area contributed by atoms with Crippen LogP contribution >= 0.6 is 11.8 Å². The molecule has 1 aromatic heterocycles. The highest BCUT2D eigenvalue weighted by Crippen LogP contribution is 2.49. The molecule has 30 heavy (non-hydrogen) atoms. The van der Waals surface area contributed by atoms with E-state index in [0.29, 0.717) is 6.61 Å². The smallest absolute Gasteiger partial charge is 0.196 e. The molecule has 1 N–H and O–H groups in total. The summed E-state index contributed by atoms with van der Waals surface area (Å²) in [5.41, 5.74) is 6.61. The normalized spacial score (nSPS) is 20.0. The largest absolute Gasteiger partial charge is 0.490 e. The number of para-hydroxylation sites is 1. The summed E-state index contributed by atoms with van der Waals surface area (Å²) in [4.78, 5) is 1.22. The summed E-state index contributed by atoms with van der Waals surface area (Å²) in [5, 5.41) is 2.14. The minimum atomic E-state index is -0.301. The lowest BCUT2D eigenvalue weighted by Crippen LogP contribution is -2.43. The van der Waals surface area contributed by atoms with Crippen LogP contribution < -0.4 is 14.9 Å². The van der Waals surface area contributed by atoms with E-state index in [4.69, 9.17) is 13.9 Å². The van der Waals surface area contributed by atoms with Gasteiger partial charge in [-0.2, -0.15) is 5.01 Å². The molecule has 3 aromatic rings. The Morgan fingerprint density at radius 1 is 1.10 bits per heavy atom. The molecule has 2 aliphatic rings. The minimum Gasteiger partial charge on any atom is -0.490 e. The van der Waals surface area contributed by atoms with Crippen LogP contribution in [-0.2, 0) is 0 Å². The van der Waals surface area contributed by atoms with E-state index < -0.39 is 0 Å². The zero-order valence-corrected chi connectivity index (χ0v) is 18.0. The van der Waals surface area contributed by atoms with E-state index in [1.807, 2.05) is 38.1 Å². The average Bonchev–Trinajstić information content (AvgIpc) is 3.40. The minimum absolute atomic E-state index is 0.000195. The molecule has 0 radical (unpaired) electrons. The number of nitrogens with zero attached hydrogens (tertiary/aromatic N) is 1. The van der Waals surface area contributed by atoms with E-state index in [2.05, 4.69) is 53.1 Å². The van der Waals surface area contributed by atoms with E-state index in [1.165, 1.54) is 4.90 Å². The number of nitrogens with one attached hydrogen (secondary N) is 1. The van der Waals surface area contributed by atoms with Crippen molar-refractivity contribution in [1.29, 1.82) is 0 Å². The van der Waals surface area contributed by atoms with Crippen molar-refractivity contribution >= 4 is 17.5 Å². The first-order valence-corrected chi connectivity index (χ1v) is 11.3. The van der Waals surface area contributed by atoms with E-state index >= 15 is 0 Å². The molecule has 0 saturated heterocycles. The number of furan rings is 1. The van der Waals surface area contributed by atoms with Gasteiger partial charge in [-0.05, 0) is 56.5 Å². The lowest BCUT2D eigenvalue weighted by molar-refractivity contribution is -0.0347. The topological polar surface area (TPSA) is 46.9 Å². The lowest BCUT2D eigenvalue weighted by Gasteiger charge is -2.39. The highest BCUT2D eigenvalue weighted by molar-refractivity contribution is 7.98. The number of aryl methyl sites for hydroxylation is 1. The van der Waals surface area contributed by atoms with Gasteiger partial charge in [0.15, 0.2) is 23.5 Å². The van der Waals surface area contributed by atoms with Crippen LogP contribution in [0.1, 0.15) is 41.8 Å². The monoisotopic (exact) mass is 420 g/mol. The van der Waals surface area contributed by atoms with Crippen molar-refractivity contribution < 1.29 is 13.9 Å². The SMILES string of the molecule is CCOc1cccc2c1OC(c1ccc(SC)cc1)N1NC(c3ccc(C)o3)=CC21. The Kier molecular flexibility index (Phi) is 4.97. The molecule has 2 aromatic carbocycles. The molecule has 6 heteroatoms. The van der Waals surface area contributed by atoms with Crippen LogP contribution in [0.5, 0.6) is 11.5 Å². The van der Waals surface area contributed by atoms with Crippen molar-refractivity contribution in [2.75, 3.05) is 12.9 Å². The molecule has 0 amide bonds. The third-order valence-electron chi connectivity index (χ3n) is 5.39. The Balaban J connectivity index is 1.59. The number of rotatable bonds is 5. The first kappa shape index (κ1) is 19.2. The highest BCUT2D eigenvalue weighted by atomic mass is 32.2. The van der Waals surface area contributed by atoms with Crippen molar-refractivity contribution in [3.63, 3.8) is 0 Å². The van der Waals surface area contributed by atoms with Crippen LogP contribution in [0.15, 0.2) is 70.0 Å². The molecule has 2 aliphatic heterocycles. The molecule has 0 aliphatic carbocycles. The first-order chi connectivity index (χ1) is 14.7. The second-order valence-electron chi connectivity index (χ2n) is 7.31. The Labute approximate surface area is 180 Å². The molecule has 2 unspecified atom stereocenters. The maximum atomic E-state index is 6.55. The molecule has 2 atom stereocenters. The second kappa shape index (κ2) is 7.78. The van der Waals surface area contributed by atoms with Gasteiger partial charge in [0.2, 0.25) is 0 Å². The Hall–Kier alpha value is -2.83. The molecule has 0 fully saturated rings. The van der Waals surface area contributed by atoms with Gasteiger partial charge in [-0.25, -0.2) is 0 Å². The van der Waals surface area contributed by atoms with E-state index in [0.717, 1.165) is 39.8 Å². The van der Waals surface area contributed by atoms with Gasteiger partial charge in [-0.3, -0.25) is 0 Å². The van der Waals surface area contributed by atoms with E-state index in [9.17, 15) is 0 Å². The highest BCUT2D eigenvalue weighted by Gasteiger charge is 2.41. The summed E-state index contributed by atoms with van der Waals surface area (Å²) in [6.07, 6.45) is 3.97. The van der Waals surface area contributed by atoms with Gasteiger partial charge >= 0.3 is 0 Å². The summed E-state index contributed by atoms with van der Waals surface area (Å²) in [7, 11) is 0. The summed E-state index contributed by atoms with van der Waals surface area (Å²) < 4.78 is 18.3. The number of benzene rings is 2. The van der Waals surface area contributed by atoms with Crippen LogP contribution in [0.2, 0.25) is 0 Å². The predicted octanol–water partition coefficient (Wildman–Crippen LogP) is 5.70. The quantitative estimate of drug-likeness (QED) is 0.534. The first-order valence-electron chi connectivity index (χ1n) is 10.1. The zero-order chi connectivity index (χ0) is 20.7. The van der Waals surface area contributed by atoms with Crippen molar-refractivity contribution in [2.24, 2.45) is 0 Å². The van der Waals surface area contributed by atoms with Crippen molar-refractivity contribution in [3.8, 4) is 11.5 Å². The zero-order valence-electron chi connectivity index (χ0n) is 17.2. The molecule has 5 rings (SSSR count). The van der Waals surface area contributed by atoms with Crippen LogP contribution in [0.4, 0.5) is 0 Å². The molecule has 0 spiro atoms. The molecular formula is C24H24N2O3S. The van der Waals surface area contributed by atoms with Crippen LogP contribution in [-0.4, -0.2) is 17.9 Å². The summed E-state index contributed by atoms with van der Waals surface area (Å²) in [6, 6.07) is 18.6. The number of ether oxygens (including phenoxy) is 2. The third-order valence-corrected chi connectivity index (χ3v) is 6.13. The maximum absolute atomic E-state index is 6.55. The summed E-state index contributed by atoms with van der Waals surface area (Å²) in [6.45, 7) is 4.53. The van der Waals surface area contributed by atoms with Gasteiger partial charge in [0.25, 0.3) is 0 Å². The van der Waals surface area contributed by atoms with Gasteiger partial charge < -0.3 is 19.3 Å². The fraction of sp³-hybridized carbons (Fsp3) is 0.250. The lowest BCUT2D eigenvalue weighted by atomic mass is 10.0. The number of fused-ring (bicyclic) bond motifs is 3. The van der Waals surface area contributed by atoms with E-state index in [1.54, 1.807) is 11.8 Å². The third kappa shape index (κ3) is 3.26. The number of hydrazine groups is 1. The van der Waals surface area contributed by atoms with Crippen molar-refractivity contribution in [1.82, 2.24) is 10.4 Å². The maximum Gasteiger partial charge on any atom is 0.196 e. The Morgan fingerprint density at radius 3 is 2.63 bits per heavy atom. The number of hydrogen-bond acceptors (Lipinski definition) is 6. The van der Waals surface area contributed by atoms with Crippen LogP contribution in [0, 0.1) is 6.92 Å². The van der Waals surface area contributed by atoms with Crippen molar-refractivity contribution in [2.45, 2.75) is 31.0 Å². The fourth-order valence-electron chi connectivity index (χ4n) is 3.97. The molecule has 3 heterocycles. The molecule has 0 bridgehead atoms. The van der Waals surface area contributed by atoms with Gasteiger partial charge in [-0.15, -0.1) is 11.8 Å². The standard InChI is InChI=1S/C24H24N2O3S/c1-4-27-22-7-5-6-18-20-14-19(21-13-8-15(2)28-21)25-26(20)24(29-23(18)22)16-9-11-17(30-3)12-10-16/h5-14,20,24-25H,4H2,1-3H3. The van der Waals surface area contributed by atoms with Gasteiger partial charge in [0.05, 0.1) is 18.3 Å². The van der Waals surface area contributed by atoms with Gasteiger partial charge in [-0.1, -0.05) is 24.3 Å². The number of thioether (sulfide) groups is 1. The predicted molar refractivity (Wildman–Crippen MR) is 118 cm³/mol. The molecule has 154 valence electrons. The Morgan fingerprint density at radius 2 is 1.93 bits per heavy atom. The van der Waals surface area contributed by atoms with E-state index in [-0.39, 0.29) is 12.3 Å². The Bertz CT molecular complexity index is 1090. The fourth-order valence-corrected chi connectivity index (χ4v) is 4.38. The molecule has 0 saturated carbocycles. The summed E-state index contributed by atoms with van der Waals surface area (Å²) >= 11 is 1.73.